The van der Waals surface area contributed by atoms with Gasteiger partial charge in [0.05, 0.1) is 5.56 Å². The van der Waals surface area contributed by atoms with E-state index in [2.05, 4.69) is 9.88 Å². The Morgan fingerprint density at radius 1 is 1.09 bits per heavy atom. The Morgan fingerprint density at radius 2 is 1.78 bits per heavy atom. The Balaban J connectivity index is 0.00000132. The molecule has 1 aromatic rings. The van der Waals surface area contributed by atoms with Crippen LogP contribution in [0.25, 0.3) is 0 Å². The second-order valence-electron chi connectivity index (χ2n) is 6.11. The molecule has 0 aliphatic carbocycles. The average molecular weight is 361 g/mol. The number of carbonyl (C=O) groups is 1. The molecule has 3 rings (SSSR count). The summed E-state index contributed by atoms with van der Waals surface area (Å²) in [6.07, 6.45) is 7.68. The fraction of sp³-hybridized carbons (Fsp3) is 0.625. The van der Waals surface area contributed by atoms with E-state index in [-0.39, 0.29) is 36.8 Å². The summed E-state index contributed by atoms with van der Waals surface area (Å²) >= 11 is 0. The summed E-state index contributed by atoms with van der Waals surface area (Å²) in [4.78, 5) is 21.0. The maximum Gasteiger partial charge on any atom is 0.255 e. The smallest absolute Gasteiger partial charge is 0.255 e. The van der Waals surface area contributed by atoms with Crippen LogP contribution in [0, 0.1) is 0 Å². The Bertz CT molecular complexity index is 489. The largest absolute Gasteiger partial charge is 0.357 e. The van der Waals surface area contributed by atoms with E-state index in [1.165, 1.54) is 25.7 Å². The zero-order chi connectivity index (χ0) is 14.7. The highest BCUT2D eigenvalue weighted by atomic mass is 35.5. The molecule has 23 heavy (non-hydrogen) atoms. The van der Waals surface area contributed by atoms with E-state index in [1.807, 2.05) is 17.0 Å². The minimum absolute atomic E-state index is 0. The van der Waals surface area contributed by atoms with Crippen molar-refractivity contribution in [2.45, 2.75) is 38.1 Å². The highest BCUT2D eigenvalue weighted by molar-refractivity contribution is 5.94. The molecule has 2 N–H and O–H groups in total. The lowest BCUT2D eigenvalue weighted by molar-refractivity contribution is 0.0790. The molecule has 0 radical (unpaired) electrons. The van der Waals surface area contributed by atoms with Crippen LogP contribution in [0.15, 0.2) is 18.3 Å². The van der Waals surface area contributed by atoms with Crippen LogP contribution < -0.4 is 10.6 Å². The van der Waals surface area contributed by atoms with E-state index in [0.717, 1.165) is 31.9 Å². The van der Waals surface area contributed by atoms with E-state index in [4.69, 9.17) is 5.73 Å². The SMILES string of the molecule is Cl.Cl.N[C@@H]1CCN(C(=O)c2ccc(N3CCCCCC3)nc2)C1. The first-order valence-corrected chi connectivity index (χ1v) is 8.00. The van der Waals surface area contributed by atoms with Gasteiger partial charge in [0, 0.05) is 38.4 Å². The van der Waals surface area contributed by atoms with Crippen molar-refractivity contribution in [1.29, 1.82) is 0 Å². The summed E-state index contributed by atoms with van der Waals surface area (Å²) in [6, 6.07) is 4.01. The monoisotopic (exact) mass is 360 g/mol. The Labute approximate surface area is 150 Å². The predicted octanol–water partition coefficient (Wildman–Crippen LogP) is 2.48. The van der Waals surface area contributed by atoms with Crippen molar-refractivity contribution >= 4 is 36.5 Å². The van der Waals surface area contributed by atoms with Crippen LogP contribution in [0.3, 0.4) is 0 Å². The quantitative estimate of drug-likeness (QED) is 0.879. The van der Waals surface area contributed by atoms with Gasteiger partial charge in [0.2, 0.25) is 0 Å². The third kappa shape index (κ3) is 4.96. The first kappa shape index (κ1) is 20.0. The summed E-state index contributed by atoms with van der Waals surface area (Å²) in [5, 5.41) is 0. The first-order chi connectivity index (χ1) is 10.2. The molecule has 0 aromatic carbocycles. The van der Waals surface area contributed by atoms with Gasteiger partial charge in [-0.15, -0.1) is 24.8 Å². The molecule has 2 aliphatic rings. The number of likely N-dealkylation sites (tertiary alicyclic amines) is 1. The lowest BCUT2D eigenvalue weighted by Gasteiger charge is -2.22. The minimum atomic E-state index is 0. The fourth-order valence-electron chi connectivity index (χ4n) is 3.15. The summed E-state index contributed by atoms with van der Waals surface area (Å²) in [7, 11) is 0. The molecule has 0 spiro atoms. The molecule has 1 amide bonds. The third-order valence-electron chi connectivity index (χ3n) is 4.44. The number of aromatic nitrogens is 1. The van der Waals surface area contributed by atoms with Crippen LogP contribution in [-0.4, -0.2) is 48.0 Å². The van der Waals surface area contributed by atoms with Crippen molar-refractivity contribution in [2.75, 3.05) is 31.1 Å². The van der Waals surface area contributed by atoms with Gasteiger partial charge in [-0.25, -0.2) is 4.98 Å². The van der Waals surface area contributed by atoms with Crippen LogP contribution in [0.4, 0.5) is 5.82 Å². The number of hydrogen-bond donors (Lipinski definition) is 1. The van der Waals surface area contributed by atoms with Crippen LogP contribution in [0.2, 0.25) is 0 Å². The second kappa shape index (κ2) is 9.30. The van der Waals surface area contributed by atoms with Gasteiger partial charge in [-0.05, 0) is 31.4 Å². The lowest BCUT2D eigenvalue weighted by atomic mass is 10.2. The average Bonchev–Trinajstić information content (AvgIpc) is 2.77. The Morgan fingerprint density at radius 3 is 2.30 bits per heavy atom. The van der Waals surface area contributed by atoms with Crippen molar-refractivity contribution < 1.29 is 4.79 Å². The van der Waals surface area contributed by atoms with E-state index >= 15 is 0 Å². The zero-order valence-corrected chi connectivity index (χ0v) is 15.0. The van der Waals surface area contributed by atoms with E-state index in [0.29, 0.717) is 12.1 Å². The first-order valence-electron chi connectivity index (χ1n) is 8.00. The molecular weight excluding hydrogens is 335 g/mol. The number of pyridine rings is 1. The number of carbonyl (C=O) groups excluding carboxylic acids is 1. The van der Waals surface area contributed by atoms with Gasteiger partial charge >= 0.3 is 0 Å². The number of amides is 1. The highest BCUT2D eigenvalue weighted by Gasteiger charge is 2.24. The molecular formula is C16H26Cl2N4O. The number of halogens is 2. The van der Waals surface area contributed by atoms with E-state index in [1.54, 1.807) is 6.20 Å². The summed E-state index contributed by atoms with van der Waals surface area (Å²) in [6.45, 7) is 3.56. The third-order valence-corrected chi connectivity index (χ3v) is 4.44. The van der Waals surface area contributed by atoms with Crippen LogP contribution in [0.1, 0.15) is 42.5 Å². The molecule has 0 unspecified atom stereocenters. The van der Waals surface area contributed by atoms with Crippen molar-refractivity contribution in [3.63, 3.8) is 0 Å². The molecule has 130 valence electrons. The normalized spacial score (nSPS) is 21.2. The van der Waals surface area contributed by atoms with Gasteiger partial charge in [-0.3, -0.25) is 4.79 Å². The summed E-state index contributed by atoms with van der Waals surface area (Å²) < 4.78 is 0. The van der Waals surface area contributed by atoms with Gasteiger partial charge in [-0.1, -0.05) is 12.8 Å². The maximum atomic E-state index is 12.4. The number of nitrogens with zero attached hydrogens (tertiary/aromatic N) is 3. The van der Waals surface area contributed by atoms with Gasteiger partial charge in [0.1, 0.15) is 5.82 Å². The van der Waals surface area contributed by atoms with Crippen molar-refractivity contribution in [2.24, 2.45) is 5.73 Å². The number of anilines is 1. The molecule has 0 bridgehead atoms. The Kier molecular flexibility index (Phi) is 8.09. The minimum Gasteiger partial charge on any atom is -0.357 e. The number of nitrogens with two attached hydrogens (primary N) is 1. The highest BCUT2D eigenvalue weighted by Crippen LogP contribution is 2.18. The number of hydrogen-bond acceptors (Lipinski definition) is 4. The Hall–Kier alpha value is -1.04. The van der Waals surface area contributed by atoms with Crippen LogP contribution >= 0.6 is 24.8 Å². The molecule has 5 nitrogen and oxygen atoms in total. The van der Waals surface area contributed by atoms with Crippen LogP contribution in [-0.2, 0) is 0 Å². The molecule has 2 saturated heterocycles. The van der Waals surface area contributed by atoms with Crippen molar-refractivity contribution in [3.05, 3.63) is 23.9 Å². The van der Waals surface area contributed by atoms with E-state index in [9.17, 15) is 4.79 Å². The summed E-state index contributed by atoms with van der Waals surface area (Å²) in [5.74, 6) is 1.05. The van der Waals surface area contributed by atoms with Crippen molar-refractivity contribution in [1.82, 2.24) is 9.88 Å². The molecule has 0 saturated carbocycles. The standard InChI is InChI=1S/C16H24N4O.2ClH/c17-14-7-10-20(12-14)16(21)13-5-6-15(18-11-13)19-8-3-1-2-4-9-19;;/h5-6,11,14H,1-4,7-10,12,17H2;2*1H/t14-;;/m1../s1. The van der Waals surface area contributed by atoms with Gasteiger partial charge in [0.15, 0.2) is 0 Å². The molecule has 2 aliphatic heterocycles. The molecule has 2 fully saturated rings. The van der Waals surface area contributed by atoms with Gasteiger partial charge < -0.3 is 15.5 Å². The zero-order valence-electron chi connectivity index (χ0n) is 13.3. The summed E-state index contributed by atoms with van der Waals surface area (Å²) in [5.41, 5.74) is 6.53. The molecule has 1 atom stereocenters. The predicted molar refractivity (Wildman–Crippen MR) is 97.9 cm³/mol. The van der Waals surface area contributed by atoms with Gasteiger partial charge in [0.25, 0.3) is 5.91 Å². The number of rotatable bonds is 2. The molecule has 1 aromatic heterocycles. The maximum absolute atomic E-state index is 12.4. The van der Waals surface area contributed by atoms with Crippen LogP contribution in [0.5, 0.6) is 0 Å². The fourth-order valence-corrected chi connectivity index (χ4v) is 3.15. The van der Waals surface area contributed by atoms with Gasteiger partial charge in [-0.2, -0.15) is 0 Å². The lowest BCUT2D eigenvalue weighted by Crippen LogP contribution is -2.32. The van der Waals surface area contributed by atoms with Crippen molar-refractivity contribution in [3.8, 4) is 0 Å². The molecule has 7 heteroatoms. The second-order valence-corrected chi connectivity index (χ2v) is 6.11. The molecule has 3 heterocycles. The topological polar surface area (TPSA) is 62.5 Å². The van der Waals surface area contributed by atoms with E-state index < -0.39 is 0 Å².